The Morgan fingerprint density at radius 1 is 1.08 bits per heavy atom. The van der Waals surface area contributed by atoms with Crippen molar-refractivity contribution in [2.75, 3.05) is 6.61 Å². The van der Waals surface area contributed by atoms with E-state index >= 15 is 0 Å². The first kappa shape index (κ1) is 17.0. The lowest BCUT2D eigenvalue weighted by atomic mass is 10.1. The van der Waals surface area contributed by atoms with Gasteiger partial charge in [-0.05, 0) is 56.0 Å². The largest absolute Gasteiger partial charge is 0.493 e. The molecule has 0 atom stereocenters. The number of ether oxygens (including phenoxy) is 1. The molecule has 0 bridgehead atoms. The van der Waals surface area contributed by atoms with Gasteiger partial charge in [-0.25, -0.2) is 0 Å². The maximum absolute atomic E-state index is 10.9. The predicted octanol–water partition coefficient (Wildman–Crippen LogP) is 3.91. The number of carboxylic acid groups (broad SMARTS) is 1. The van der Waals surface area contributed by atoms with Crippen LogP contribution in [0.5, 0.6) is 5.75 Å². The Bertz CT molecular complexity index is 827. The highest BCUT2D eigenvalue weighted by molar-refractivity contribution is 5.87. The second-order valence-electron chi connectivity index (χ2n) is 6.01. The second-order valence-corrected chi connectivity index (χ2v) is 6.01. The summed E-state index contributed by atoms with van der Waals surface area (Å²) in [6.07, 6.45) is 7.79. The van der Waals surface area contributed by atoms with Gasteiger partial charge >= 0.3 is 5.97 Å². The monoisotopic (exact) mass is 338 g/mol. The van der Waals surface area contributed by atoms with Crippen LogP contribution in [0.4, 0.5) is 0 Å². The van der Waals surface area contributed by atoms with Gasteiger partial charge in [-0.2, -0.15) is 0 Å². The Morgan fingerprint density at radius 3 is 2.80 bits per heavy atom. The van der Waals surface area contributed by atoms with Gasteiger partial charge in [0, 0.05) is 23.5 Å². The van der Waals surface area contributed by atoms with Gasteiger partial charge in [0.2, 0.25) is 0 Å². The van der Waals surface area contributed by atoms with Gasteiger partial charge in [0.1, 0.15) is 12.3 Å². The smallest absolute Gasteiger partial charge is 0.323 e. The minimum atomic E-state index is -0.850. The van der Waals surface area contributed by atoms with Crippen LogP contribution in [0.1, 0.15) is 25.0 Å². The van der Waals surface area contributed by atoms with Gasteiger partial charge in [-0.3, -0.25) is 9.78 Å². The van der Waals surface area contributed by atoms with Crippen molar-refractivity contribution in [3.63, 3.8) is 0 Å². The molecular formula is C20H22N2O3. The molecule has 1 aromatic carbocycles. The molecule has 0 aliphatic heterocycles. The van der Waals surface area contributed by atoms with Crippen molar-refractivity contribution in [1.29, 1.82) is 0 Å². The highest BCUT2D eigenvalue weighted by Gasteiger charge is 2.08. The summed E-state index contributed by atoms with van der Waals surface area (Å²) < 4.78 is 7.63. The number of carbonyl (C=O) groups is 1. The molecule has 0 saturated heterocycles. The zero-order chi connectivity index (χ0) is 17.5. The summed E-state index contributed by atoms with van der Waals surface area (Å²) in [7, 11) is 0. The van der Waals surface area contributed by atoms with Crippen molar-refractivity contribution < 1.29 is 14.6 Å². The fourth-order valence-corrected chi connectivity index (χ4v) is 2.92. The van der Waals surface area contributed by atoms with Crippen LogP contribution in [0.2, 0.25) is 0 Å². The van der Waals surface area contributed by atoms with E-state index in [0.717, 1.165) is 48.0 Å². The number of aliphatic carboxylic acids is 1. The minimum Gasteiger partial charge on any atom is -0.493 e. The Labute approximate surface area is 146 Å². The van der Waals surface area contributed by atoms with Crippen LogP contribution in [-0.2, 0) is 17.8 Å². The van der Waals surface area contributed by atoms with Gasteiger partial charge < -0.3 is 14.4 Å². The molecule has 5 heteroatoms. The first-order chi connectivity index (χ1) is 12.2. The minimum absolute atomic E-state index is 0.0412. The van der Waals surface area contributed by atoms with Crippen LogP contribution in [0, 0.1) is 0 Å². The number of unbranched alkanes of at least 4 members (excludes halogenated alkanes) is 2. The number of benzene rings is 1. The lowest BCUT2D eigenvalue weighted by Gasteiger charge is -2.08. The van der Waals surface area contributed by atoms with E-state index in [0.29, 0.717) is 6.61 Å². The number of nitrogens with zero attached hydrogens (tertiary/aromatic N) is 2. The number of hydrogen-bond acceptors (Lipinski definition) is 3. The van der Waals surface area contributed by atoms with Gasteiger partial charge in [0.25, 0.3) is 0 Å². The number of carboxylic acids is 1. The van der Waals surface area contributed by atoms with Crippen molar-refractivity contribution >= 4 is 16.9 Å². The summed E-state index contributed by atoms with van der Waals surface area (Å²) in [5.41, 5.74) is 2.02. The fourth-order valence-electron chi connectivity index (χ4n) is 2.92. The lowest BCUT2D eigenvalue weighted by Crippen LogP contribution is -2.07. The van der Waals surface area contributed by atoms with Crippen LogP contribution < -0.4 is 4.74 Å². The summed E-state index contributed by atoms with van der Waals surface area (Å²) in [6.45, 7) is 0.617. The molecule has 25 heavy (non-hydrogen) atoms. The number of aromatic nitrogens is 2. The van der Waals surface area contributed by atoms with Gasteiger partial charge in [-0.1, -0.05) is 12.1 Å². The maximum atomic E-state index is 10.9. The maximum Gasteiger partial charge on any atom is 0.323 e. The average Bonchev–Trinajstić information content (AvgIpc) is 3.02. The SMILES string of the molecule is O=C(O)Cn1ccc2c(OCCCCCc3ccccn3)cccc21. The fraction of sp³-hybridized carbons (Fsp3) is 0.300. The van der Waals surface area contributed by atoms with Crippen LogP contribution in [0.25, 0.3) is 10.9 Å². The van der Waals surface area contributed by atoms with Crippen LogP contribution in [0.3, 0.4) is 0 Å². The summed E-state index contributed by atoms with van der Waals surface area (Å²) in [6, 6.07) is 13.7. The van der Waals surface area contributed by atoms with E-state index in [-0.39, 0.29) is 6.54 Å². The number of rotatable bonds is 9. The molecule has 0 spiro atoms. The van der Waals surface area contributed by atoms with Crippen molar-refractivity contribution in [2.24, 2.45) is 0 Å². The first-order valence-corrected chi connectivity index (χ1v) is 8.56. The molecule has 3 aromatic rings. The molecule has 0 radical (unpaired) electrons. The van der Waals surface area contributed by atoms with E-state index in [1.165, 1.54) is 0 Å². The highest BCUT2D eigenvalue weighted by Crippen LogP contribution is 2.26. The summed E-state index contributed by atoms with van der Waals surface area (Å²) in [5, 5.41) is 9.92. The number of aryl methyl sites for hydroxylation is 1. The molecule has 3 rings (SSSR count). The number of fused-ring (bicyclic) bond motifs is 1. The van der Waals surface area contributed by atoms with Crippen LogP contribution >= 0.6 is 0 Å². The highest BCUT2D eigenvalue weighted by atomic mass is 16.5. The molecule has 0 fully saturated rings. The molecule has 1 N–H and O–H groups in total. The third-order valence-corrected chi connectivity index (χ3v) is 4.14. The molecule has 5 nitrogen and oxygen atoms in total. The van der Waals surface area contributed by atoms with E-state index in [9.17, 15) is 4.79 Å². The molecule has 0 amide bonds. The summed E-state index contributed by atoms with van der Waals surface area (Å²) in [5.74, 6) is -0.0388. The molecule has 2 heterocycles. The third-order valence-electron chi connectivity index (χ3n) is 4.14. The number of hydrogen-bond donors (Lipinski definition) is 1. The first-order valence-electron chi connectivity index (χ1n) is 8.56. The van der Waals surface area contributed by atoms with Crippen molar-refractivity contribution in [3.8, 4) is 5.75 Å². The zero-order valence-electron chi connectivity index (χ0n) is 14.1. The quantitative estimate of drug-likeness (QED) is 0.601. The third kappa shape index (κ3) is 4.59. The standard InChI is InChI=1S/C20H22N2O3/c23-20(24)15-22-13-11-17-18(22)9-6-10-19(17)25-14-5-1-2-7-16-8-3-4-12-21-16/h3-4,6,8-13H,1-2,5,7,14-15H2,(H,23,24). The Hall–Kier alpha value is -2.82. The summed E-state index contributed by atoms with van der Waals surface area (Å²) in [4.78, 5) is 15.2. The van der Waals surface area contributed by atoms with E-state index in [1.54, 1.807) is 10.8 Å². The van der Waals surface area contributed by atoms with Crippen LogP contribution in [0.15, 0.2) is 54.9 Å². The summed E-state index contributed by atoms with van der Waals surface area (Å²) >= 11 is 0. The molecule has 0 aliphatic rings. The van der Waals surface area contributed by atoms with E-state index < -0.39 is 5.97 Å². The molecule has 0 unspecified atom stereocenters. The predicted molar refractivity (Wildman–Crippen MR) is 96.9 cm³/mol. The average molecular weight is 338 g/mol. The van der Waals surface area contributed by atoms with E-state index in [2.05, 4.69) is 11.1 Å². The topological polar surface area (TPSA) is 64.3 Å². The van der Waals surface area contributed by atoms with Crippen molar-refractivity contribution in [3.05, 3.63) is 60.6 Å². The Morgan fingerprint density at radius 2 is 2.00 bits per heavy atom. The Balaban J connectivity index is 1.48. The molecule has 0 aliphatic carbocycles. The zero-order valence-corrected chi connectivity index (χ0v) is 14.1. The van der Waals surface area contributed by atoms with Crippen molar-refractivity contribution in [2.45, 2.75) is 32.2 Å². The van der Waals surface area contributed by atoms with E-state index in [4.69, 9.17) is 9.84 Å². The van der Waals surface area contributed by atoms with Gasteiger partial charge in [0.05, 0.1) is 12.1 Å². The van der Waals surface area contributed by atoms with Crippen molar-refractivity contribution in [1.82, 2.24) is 9.55 Å². The van der Waals surface area contributed by atoms with Gasteiger partial charge in [0.15, 0.2) is 0 Å². The molecule has 0 saturated carbocycles. The second kappa shape index (κ2) is 8.33. The Kier molecular flexibility index (Phi) is 5.67. The molecular weight excluding hydrogens is 316 g/mol. The molecule has 2 aromatic heterocycles. The molecule has 130 valence electrons. The van der Waals surface area contributed by atoms with Gasteiger partial charge in [-0.15, -0.1) is 0 Å². The lowest BCUT2D eigenvalue weighted by molar-refractivity contribution is -0.137. The van der Waals surface area contributed by atoms with E-state index in [1.807, 2.05) is 42.6 Å². The van der Waals surface area contributed by atoms with Crippen LogP contribution in [-0.4, -0.2) is 27.2 Å². The normalized spacial score (nSPS) is 10.9. The number of pyridine rings is 1.